The number of methoxy groups -OCH3 is 1. The number of ether oxygens (including phenoxy) is 2. The topological polar surface area (TPSA) is 64.6 Å². The molecular weight excluding hydrogens is 413 g/mol. The van der Waals surface area contributed by atoms with E-state index in [2.05, 4.69) is 19.2 Å². The number of ketones is 1. The van der Waals surface area contributed by atoms with Crippen molar-refractivity contribution in [2.45, 2.75) is 39.5 Å². The zero-order chi connectivity index (χ0) is 21.3. The van der Waals surface area contributed by atoms with Gasteiger partial charge in [-0.25, -0.2) is 4.79 Å². The molecule has 7 heteroatoms. The molecule has 1 aromatic carbocycles. The van der Waals surface area contributed by atoms with Crippen molar-refractivity contribution in [3.05, 3.63) is 56.3 Å². The molecule has 0 fully saturated rings. The lowest BCUT2D eigenvalue weighted by molar-refractivity contribution is -0.140. The number of Topliss-reactive ketones (excluding diaryl/α,β-unsaturated/α-hetero) is 1. The monoisotopic (exact) mass is 437 g/mol. The van der Waals surface area contributed by atoms with Crippen molar-refractivity contribution in [2.75, 3.05) is 20.3 Å². The summed E-state index contributed by atoms with van der Waals surface area (Å²) < 4.78 is 10.4. The molecule has 29 heavy (non-hydrogen) atoms. The molecule has 0 unspecified atom stereocenters. The number of hydrogen-bond acceptors (Lipinski definition) is 5. The third-order valence-electron chi connectivity index (χ3n) is 5.26. The summed E-state index contributed by atoms with van der Waals surface area (Å²) in [5.74, 6) is -1.01. The summed E-state index contributed by atoms with van der Waals surface area (Å²) in [6, 6.07) is 5.20. The van der Waals surface area contributed by atoms with E-state index in [0.29, 0.717) is 39.9 Å². The Labute approximate surface area is 181 Å². The van der Waals surface area contributed by atoms with Gasteiger partial charge in [0.2, 0.25) is 0 Å². The molecule has 0 amide bonds. The van der Waals surface area contributed by atoms with Gasteiger partial charge in [0.15, 0.2) is 5.78 Å². The van der Waals surface area contributed by atoms with Gasteiger partial charge in [-0.05, 0) is 36.5 Å². The van der Waals surface area contributed by atoms with Gasteiger partial charge in [0, 0.05) is 36.4 Å². The average Bonchev–Trinajstić information content (AvgIpc) is 2.61. The minimum absolute atomic E-state index is 0.0227. The van der Waals surface area contributed by atoms with Crippen LogP contribution in [0.4, 0.5) is 0 Å². The lowest BCUT2D eigenvalue weighted by Crippen LogP contribution is -2.38. The average molecular weight is 438 g/mol. The van der Waals surface area contributed by atoms with Crippen LogP contribution in [0.3, 0.4) is 0 Å². The predicted octanol–water partition coefficient (Wildman–Crippen LogP) is 4.79. The van der Waals surface area contributed by atoms with Gasteiger partial charge in [-0.2, -0.15) is 0 Å². The van der Waals surface area contributed by atoms with Crippen molar-refractivity contribution in [1.82, 2.24) is 5.32 Å². The van der Waals surface area contributed by atoms with E-state index in [1.807, 2.05) is 6.92 Å². The van der Waals surface area contributed by atoms with E-state index in [1.165, 1.54) is 0 Å². The first kappa shape index (κ1) is 21.9. The largest absolute Gasteiger partial charge is 0.460 e. The van der Waals surface area contributed by atoms with Gasteiger partial charge >= 0.3 is 5.97 Å². The number of hydrogen-bond donors (Lipinski definition) is 1. The predicted molar refractivity (Wildman–Crippen MR) is 113 cm³/mol. The Bertz CT molecular complexity index is 917. The number of rotatable bonds is 5. The maximum absolute atomic E-state index is 13.2. The highest BCUT2D eigenvalue weighted by molar-refractivity contribution is 6.42. The number of allylic oxidation sites excluding steroid dienone is 3. The molecule has 1 N–H and O–H groups in total. The second-order valence-corrected chi connectivity index (χ2v) is 9.05. The molecule has 2 aliphatic rings. The highest BCUT2D eigenvalue weighted by Gasteiger charge is 2.43. The van der Waals surface area contributed by atoms with E-state index in [1.54, 1.807) is 25.3 Å². The molecule has 156 valence electrons. The number of benzene rings is 1. The summed E-state index contributed by atoms with van der Waals surface area (Å²) in [7, 11) is 1.54. The van der Waals surface area contributed by atoms with Gasteiger partial charge in [0.25, 0.3) is 0 Å². The molecule has 0 bridgehead atoms. The van der Waals surface area contributed by atoms with Crippen molar-refractivity contribution < 1.29 is 19.1 Å². The van der Waals surface area contributed by atoms with Crippen molar-refractivity contribution in [2.24, 2.45) is 5.41 Å². The highest BCUT2D eigenvalue weighted by Crippen LogP contribution is 2.47. The number of halogens is 2. The van der Waals surface area contributed by atoms with E-state index in [-0.39, 0.29) is 17.8 Å². The Balaban J connectivity index is 2.11. The maximum Gasteiger partial charge on any atom is 0.336 e. The van der Waals surface area contributed by atoms with E-state index >= 15 is 0 Å². The van der Waals surface area contributed by atoms with Crippen molar-refractivity contribution >= 4 is 35.0 Å². The molecule has 0 saturated carbocycles. The van der Waals surface area contributed by atoms with E-state index in [4.69, 9.17) is 32.7 Å². The first-order valence-corrected chi connectivity index (χ1v) is 10.3. The molecule has 1 heterocycles. The summed E-state index contributed by atoms with van der Waals surface area (Å²) in [6.45, 7) is 6.39. The third kappa shape index (κ3) is 4.52. The molecule has 0 aromatic heterocycles. The van der Waals surface area contributed by atoms with Crippen LogP contribution in [0.5, 0.6) is 0 Å². The molecule has 0 saturated heterocycles. The Hall–Kier alpha value is -1.82. The molecular formula is C22H25Cl2NO4. The zero-order valence-electron chi connectivity index (χ0n) is 17.0. The zero-order valence-corrected chi connectivity index (χ0v) is 18.5. The van der Waals surface area contributed by atoms with Crippen LogP contribution in [-0.4, -0.2) is 32.1 Å². The second-order valence-electron chi connectivity index (χ2n) is 8.23. The van der Waals surface area contributed by atoms with Crippen LogP contribution in [0.1, 0.15) is 45.1 Å². The van der Waals surface area contributed by atoms with Gasteiger partial charge in [-0.3, -0.25) is 4.79 Å². The van der Waals surface area contributed by atoms with Gasteiger partial charge < -0.3 is 14.8 Å². The number of esters is 1. The normalized spacial score (nSPS) is 21.0. The molecule has 3 rings (SSSR count). The summed E-state index contributed by atoms with van der Waals surface area (Å²) in [6.07, 6.45) is 1.13. The smallest absolute Gasteiger partial charge is 0.336 e. The Kier molecular flexibility index (Phi) is 6.42. The van der Waals surface area contributed by atoms with Crippen LogP contribution >= 0.6 is 23.2 Å². The van der Waals surface area contributed by atoms with E-state index in [9.17, 15) is 9.59 Å². The molecule has 1 aromatic rings. The summed E-state index contributed by atoms with van der Waals surface area (Å²) in [5, 5.41) is 4.09. The Morgan fingerprint density at radius 1 is 1.21 bits per heavy atom. The lowest BCUT2D eigenvalue weighted by Gasteiger charge is -2.39. The Morgan fingerprint density at radius 3 is 2.59 bits per heavy atom. The van der Waals surface area contributed by atoms with Crippen molar-refractivity contribution in [1.29, 1.82) is 0 Å². The molecule has 1 aliphatic carbocycles. The lowest BCUT2D eigenvalue weighted by atomic mass is 9.68. The van der Waals surface area contributed by atoms with Crippen LogP contribution < -0.4 is 5.32 Å². The second kappa shape index (κ2) is 8.50. The van der Waals surface area contributed by atoms with Crippen molar-refractivity contribution in [3.63, 3.8) is 0 Å². The van der Waals surface area contributed by atoms with Gasteiger partial charge in [0.05, 0.1) is 22.2 Å². The van der Waals surface area contributed by atoms with Crippen LogP contribution in [0.15, 0.2) is 40.7 Å². The summed E-state index contributed by atoms with van der Waals surface area (Å²) in [4.78, 5) is 26.1. The van der Waals surface area contributed by atoms with Gasteiger partial charge in [-0.1, -0.05) is 43.1 Å². The van der Waals surface area contributed by atoms with Crippen LogP contribution in [0.2, 0.25) is 10.0 Å². The number of carbonyl (C=O) groups excluding carboxylic acids is 2. The third-order valence-corrected chi connectivity index (χ3v) is 6.00. The fraction of sp³-hybridized carbons (Fsp3) is 0.455. The van der Waals surface area contributed by atoms with Crippen LogP contribution in [0, 0.1) is 5.41 Å². The fourth-order valence-corrected chi connectivity index (χ4v) is 4.33. The molecule has 0 radical (unpaired) electrons. The van der Waals surface area contributed by atoms with Crippen LogP contribution in [-0.2, 0) is 19.1 Å². The number of nitrogens with one attached hydrogen (secondary N) is 1. The Morgan fingerprint density at radius 2 is 1.93 bits per heavy atom. The van der Waals surface area contributed by atoms with E-state index in [0.717, 1.165) is 17.7 Å². The molecule has 0 spiro atoms. The fourth-order valence-electron chi connectivity index (χ4n) is 4.03. The van der Waals surface area contributed by atoms with E-state index < -0.39 is 11.9 Å². The first-order valence-electron chi connectivity index (χ1n) is 9.49. The van der Waals surface area contributed by atoms with Gasteiger partial charge in [0.1, 0.15) is 6.61 Å². The number of dihydropyridines is 1. The molecule has 5 nitrogen and oxygen atoms in total. The number of carbonyl (C=O) groups is 2. The minimum atomic E-state index is -0.556. The summed E-state index contributed by atoms with van der Waals surface area (Å²) >= 11 is 12.4. The van der Waals surface area contributed by atoms with Crippen LogP contribution in [0.25, 0.3) is 0 Å². The van der Waals surface area contributed by atoms with Gasteiger partial charge in [-0.15, -0.1) is 0 Å². The molecule has 1 aliphatic heterocycles. The maximum atomic E-state index is 13.2. The quantitative estimate of drug-likeness (QED) is 0.529. The van der Waals surface area contributed by atoms with Crippen molar-refractivity contribution in [3.8, 4) is 0 Å². The standard InChI is InChI=1S/C22H25Cl2NO4/c1-12-18(21(27)29-8-7-28-4)19(13-5-6-14(23)15(24)9-13)20-16(25-12)10-22(2,3)11-17(20)26/h5-6,9,19,25H,7-8,10-11H2,1-4H3/t19-/m1/s1. The summed E-state index contributed by atoms with van der Waals surface area (Å²) in [5.41, 5.74) is 3.13. The first-order chi connectivity index (χ1) is 13.6. The highest BCUT2D eigenvalue weighted by atomic mass is 35.5. The minimum Gasteiger partial charge on any atom is -0.460 e. The molecule has 1 atom stereocenters. The SMILES string of the molecule is COCCOC(=O)C1=C(C)NC2=C(C(=O)CC(C)(C)C2)[C@@H]1c1ccc(Cl)c(Cl)c1.